The highest BCUT2D eigenvalue weighted by Crippen LogP contribution is 2.26. The number of para-hydroxylation sites is 1. The number of fused-ring (bicyclic) bond motifs is 1. The van der Waals surface area contributed by atoms with E-state index in [-0.39, 0.29) is 12.2 Å². The minimum absolute atomic E-state index is 0.285. The van der Waals surface area contributed by atoms with Crippen LogP contribution in [-0.2, 0) is 9.53 Å². The summed E-state index contributed by atoms with van der Waals surface area (Å²) in [4.78, 5) is 27.4. The van der Waals surface area contributed by atoms with Gasteiger partial charge in [-0.05, 0) is 12.1 Å². The van der Waals surface area contributed by atoms with Gasteiger partial charge in [0, 0.05) is 17.1 Å². The molecule has 0 bridgehead atoms. The number of pyridine rings is 1. The number of benzene rings is 1. The molecular formula is C14H13NO4. The number of carbonyl (C=O) groups is 2. The van der Waals surface area contributed by atoms with E-state index in [1.807, 2.05) is 0 Å². The van der Waals surface area contributed by atoms with Crippen molar-refractivity contribution in [2.75, 3.05) is 14.2 Å². The summed E-state index contributed by atoms with van der Waals surface area (Å²) in [5.74, 6) is -0.268. The molecule has 2 aromatic rings. The van der Waals surface area contributed by atoms with E-state index in [0.717, 1.165) is 0 Å². The van der Waals surface area contributed by atoms with Crippen LogP contribution in [0.4, 0.5) is 0 Å². The summed E-state index contributed by atoms with van der Waals surface area (Å²) in [6.07, 6.45) is 1.24. The van der Waals surface area contributed by atoms with E-state index < -0.39 is 5.97 Å². The van der Waals surface area contributed by atoms with Gasteiger partial charge >= 0.3 is 5.97 Å². The van der Waals surface area contributed by atoms with Crippen molar-refractivity contribution in [3.05, 3.63) is 36.0 Å². The number of hydrogen-bond donors (Lipinski definition) is 0. The average Bonchev–Trinajstić information content (AvgIpc) is 2.45. The lowest BCUT2D eigenvalue weighted by Crippen LogP contribution is -2.10. The lowest BCUT2D eigenvalue weighted by Gasteiger charge is -2.07. The van der Waals surface area contributed by atoms with Gasteiger partial charge in [0.05, 0.1) is 14.2 Å². The predicted molar refractivity (Wildman–Crippen MR) is 69.3 cm³/mol. The van der Waals surface area contributed by atoms with Gasteiger partial charge in [0.15, 0.2) is 5.78 Å². The minimum Gasteiger partial charge on any atom is -0.494 e. The first kappa shape index (κ1) is 13.0. The van der Waals surface area contributed by atoms with E-state index >= 15 is 0 Å². The predicted octanol–water partition coefficient (Wildman–Crippen LogP) is 1.99. The lowest BCUT2D eigenvalue weighted by atomic mass is 10.0. The van der Waals surface area contributed by atoms with E-state index in [2.05, 4.69) is 9.72 Å². The molecule has 1 aromatic heterocycles. The maximum Gasteiger partial charge on any atom is 0.313 e. The smallest absolute Gasteiger partial charge is 0.313 e. The lowest BCUT2D eigenvalue weighted by molar-refractivity contribution is -0.139. The molecule has 0 spiro atoms. The molecule has 0 aliphatic rings. The Balaban J connectivity index is 2.50. The molecule has 0 N–H and O–H groups in total. The van der Waals surface area contributed by atoms with Gasteiger partial charge in [-0.2, -0.15) is 0 Å². The van der Waals surface area contributed by atoms with Gasteiger partial charge < -0.3 is 9.47 Å². The van der Waals surface area contributed by atoms with Crippen molar-refractivity contribution in [3.8, 4) is 5.75 Å². The number of ketones is 1. The van der Waals surface area contributed by atoms with Crippen LogP contribution < -0.4 is 4.74 Å². The molecule has 0 fully saturated rings. The molecule has 0 saturated carbocycles. The minimum atomic E-state index is -0.558. The molecule has 5 nitrogen and oxygen atoms in total. The molecule has 0 amide bonds. The zero-order valence-electron chi connectivity index (χ0n) is 10.7. The first-order chi connectivity index (χ1) is 9.17. The van der Waals surface area contributed by atoms with E-state index in [1.165, 1.54) is 13.3 Å². The summed E-state index contributed by atoms with van der Waals surface area (Å²) in [6, 6.07) is 6.91. The summed E-state index contributed by atoms with van der Waals surface area (Å²) < 4.78 is 9.70. The molecule has 5 heteroatoms. The van der Waals surface area contributed by atoms with Crippen molar-refractivity contribution in [1.29, 1.82) is 0 Å². The second kappa shape index (κ2) is 5.48. The Labute approximate surface area is 110 Å². The molecule has 0 radical (unpaired) electrons. The molecule has 19 heavy (non-hydrogen) atoms. The maximum atomic E-state index is 12.1. The summed E-state index contributed by atoms with van der Waals surface area (Å²) in [6.45, 7) is 0. The monoisotopic (exact) mass is 259 g/mol. The highest BCUT2D eigenvalue weighted by Gasteiger charge is 2.16. The molecule has 0 unspecified atom stereocenters. The maximum absolute atomic E-state index is 12.1. The van der Waals surface area contributed by atoms with Crippen molar-refractivity contribution in [3.63, 3.8) is 0 Å². The fourth-order valence-electron chi connectivity index (χ4n) is 1.86. The number of carbonyl (C=O) groups excluding carboxylic acids is 2. The summed E-state index contributed by atoms with van der Waals surface area (Å²) in [5, 5.41) is 0.663. The first-order valence-corrected chi connectivity index (χ1v) is 5.69. The number of Topliss-reactive ketones (excluding diaryl/α,β-unsaturated/α-hetero) is 1. The van der Waals surface area contributed by atoms with Crippen LogP contribution in [0.1, 0.15) is 16.8 Å². The van der Waals surface area contributed by atoms with Gasteiger partial charge in [0.25, 0.3) is 0 Å². The van der Waals surface area contributed by atoms with E-state index in [4.69, 9.17) is 4.74 Å². The third kappa shape index (κ3) is 2.54. The number of hydrogen-bond acceptors (Lipinski definition) is 5. The van der Waals surface area contributed by atoms with Crippen molar-refractivity contribution < 1.29 is 19.1 Å². The number of aromatic nitrogens is 1. The average molecular weight is 259 g/mol. The highest BCUT2D eigenvalue weighted by molar-refractivity contribution is 6.13. The van der Waals surface area contributed by atoms with Gasteiger partial charge in [0.2, 0.25) is 0 Å². The fourth-order valence-corrected chi connectivity index (χ4v) is 1.86. The van der Waals surface area contributed by atoms with Crippen LogP contribution in [0.15, 0.2) is 30.5 Å². The zero-order valence-corrected chi connectivity index (χ0v) is 10.7. The first-order valence-electron chi connectivity index (χ1n) is 5.69. The zero-order chi connectivity index (χ0) is 13.8. The number of methoxy groups -OCH3 is 2. The normalized spacial score (nSPS) is 10.2. The van der Waals surface area contributed by atoms with E-state index in [1.54, 1.807) is 31.4 Å². The standard InChI is InChI=1S/C14H13NO4/c1-18-12-5-3-4-10-9(6-7-15-14(10)12)11(16)8-13(17)19-2/h3-7H,8H2,1-2H3. The second-order valence-corrected chi connectivity index (χ2v) is 3.89. The third-order valence-corrected chi connectivity index (χ3v) is 2.79. The number of esters is 1. The quantitative estimate of drug-likeness (QED) is 0.477. The third-order valence-electron chi connectivity index (χ3n) is 2.79. The van der Waals surface area contributed by atoms with Crippen LogP contribution in [-0.4, -0.2) is 31.0 Å². The van der Waals surface area contributed by atoms with Crippen molar-refractivity contribution in [1.82, 2.24) is 4.98 Å². The molecular weight excluding hydrogens is 246 g/mol. The van der Waals surface area contributed by atoms with E-state index in [0.29, 0.717) is 22.2 Å². The Hall–Kier alpha value is -2.43. The van der Waals surface area contributed by atoms with Crippen molar-refractivity contribution >= 4 is 22.7 Å². The van der Waals surface area contributed by atoms with Gasteiger partial charge in [0.1, 0.15) is 17.7 Å². The molecule has 0 saturated heterocycles. The topological polar surface area (TPSA) is 65.5 Å². The Bertz CT molecular complexity index is 636. The number of nitrogens with zero attached hydrogens (tertiary/aromatic N) is 1. The summed E-state index contributed by atoms with van der Waals surface area (Å²) in [7, 11) is 2.79. The van der Waals surface area contributed by atoms with Crippen LogP contribution in [0.2, 0.25) is 0 Å². The molecule has 0 atom stereocenters. The van der Waals surface area contributed by atoms with Gasteiger partial charge in [-0.25, -0.2) is 0 Å². The van der Waals surface area contributed by atoms with Crippen LogP contribution in [0, 0.1) is 0 Å². The Morgan fingerprint density at radius 1 is 1.21 bits per heavy atom. The fraction of sp³-hybridized carbons (Fsp3) is 0.214. The SMILES string of the molecule is COC(=O)CC(=O)c1ccnc2c(OC)cccc12. The summed E-state index contributed by atoms with van der Waals surface area (Å²) in [5.41, 5.74) is 1.04. The molecule has 2 rings (SSSR count). The van der Waals surface area contributed by atoms with Crippen LogP contribution in [0.5, 0.6) is 5.75 Å². The largest absolute Gasteiger partial charge is 0.494 e. The molecule has 0 aliphatic heterocycles. The Morgan fingerprint density at radius 2 is 2.00 bits per heavy atom. The molecule has 1 heterocycles. The van der Waals surface area contributed by atoms with Gasteiger partial charge in [-0.1, -0.05) is 12.1 Å². The van der Waals surface area contributed by atoms with Crippen molar-refractivity contribution in [2.24, 2.45) is 0 Å². The number of rotatable bonds is 4. The van der Waals surface area contributed by atoms with Gasteiger partial charge in [-0.3, -0.25) is 14.6 Å². The molecule has 1 aromatic carbocycles. The number of ether oxygens (including phenoxy) is 2. The van der Waals surface area contributed by atoms with Crippen LogP contribution >= 0.6 is 0 Å². The molecule has 98 valence electrons. The van der Waals surface area contributed by atoms with Crippen LogP contribution in [0.3, 0.4) is 0 Å². The van der Waals surface area contributed by atoms with Crippen LogP contribution in [0.25, 0.3) is 10.9 Å². The Kier molecular flexibility index (Phi) is 3.75. The Morgan fingerprint density at radius 3 is 2.68 bits per heavy atom. The summed E-state index contributed by atoms with van der Waals surface area (Å²) >= 11 is 0. The highest BCUT2D eigenvalue weighted by atomic mass is 16.5. The van der Waals surface area contributed by atoms with Gasteiger partial charge in [-0.15, -0.1) is 0 Å². The second-order valence-electron chi connectivity index (χ2n) is 3.89. The van der Waals surface area contributed by atoms with Crippen molar-refractivity contribution in [2.45, 2.75) is 6.42 Å². The molecule has 0 aliphatic carbocycles. The van der Waals surface area contributed by atoms with E-state index in [9.17, 15) is 9.59 Å².